The smallest absolute Gasteiger partial charge is 0.357 e. The normalized spacial score (nSPS) is 11.1. The number of aromatic nitrogens is 1. The Hall–Kier alpha value is -2.26. The summed E-state index contributed by atoms with van der Waals surface area (Å²) in [6, 6.07) is 4.33. The highest BCUT2D eigenvalue weighted by molar-refractivity contribution is 7.90. The van der Waals surface area contributed by atoms with Crippen LogP contribution in [-0.4, -0.2) is 38.1 Å². The third-order valence-electron chi connectivity index (χ3n) is 3.09. The summed E-state index contributed by atoms with van der Waals surface area (Å²) in [4.78, 5) is 28.0. The van der Waals surface area contributed by atoms with E-state index in [2.05, 4.69) is 10.3 Å². The number of benzene rings is 1. The van der Waals surface area contributed by atoms with E-state index in [9.17, 15) is 18.0 Å². The van der Waals surface area contributed by atoms with Gasteiger partial charge in [-0.2, -0.15) is 0 Å². The minimum Gasteiger partial charge on any atom is -0.461 e. The lowest BCUT2D eigenvalue weighted by atomic mass is 10.1. The molecule has 1 amide bonds. The van der Waals surface area contributed by atoms with Gasteiger partial charge in [0.1, 0.15) is 0 Å². The number of nitrogens with zero attached hydrogens (tertiary/aromatic N) is 1. The van der Waals surface area contributed by atoms with Crippen molar-refractivity contribution in [1.29, 1.82) is 0 Å². The Kier molecular flexibility index (Phi) is 5.35. The molecule has 0 atom stereocenters. The maximum absolute atomic E-state index is 12.4. The third-order valence-corrected chi connectivity index (χ3v) is 4.96. The van der Waals surface area contributed by atoms with Crippen LogP contribution in [0.3, 0.4) is 0 Å². The fourth-order valence-electron chi connectivity index (χ4n) is 1.87. The Morgan fingerprint density at radius 3 is 2.67 bits per heavy atom. The molecule has 0 aliphatic carbocycles. The van der Waals surface area contributed by atoms with Gasteiger partial charge < -0.3 is 4.74 Å². The first-order valence-electron chi connectivity index (χ1n) is 6.97. The molecular weight excluding hydrogens is 352 g/mol. The van der Waals surface area contributed by atoms with Crippen LogP contribution in [0.15, 0.2) is 28.5 Å². The Morgan fingerprint density at radius 1 is 1.33 bits per heavy atom. The highest BCUT2D eigenvalue weighted by Crippen LogP contribution is 2.20. The number of aryl methyl sites for hydroxylation is 1. The maximum Gasteiger partial charge on any atom is 0.357 e. The summed E-state index contributed by atoms with van der Waals surface area (Å²) in [7, 11) is -3.42. The molecule has 1 aromatic carbocycles. The lowest BCUT2D eigenvalue weighted by molar-refractivity contribution is 0.0520. The second kappa shape index (κ2) is 7.10. The summed E-state index contributed by atoms with van der Waals surface area (Å²) in [5.74, 6) is -1.06. The highest BCUT2D eigenvalue weighted by Gasteiger charge is 2.17. The first kappa shape index (κ1) is 18.1. The minimum atomic E-state index is -3.42. The van der Waals surface area contributed by atoms with Crippen LogP contribution in [0.1, 0.15) is 33.3 Å². The minimum absolute atomic E-state index is 0.0598. The van der Waals surface area contributed by atoms with Gasteiger partial charge in [-0.15, -0.1) is 11.3 Å². The topological polar surface area (TPSA) is 102 Å². The van der Waals surface area contributed by atoms with Gasteiger partial charge in [-0.3, -0.25) is 10.1 Å². The van der Waals surface area contributed by atoms with Crippen LogP contribution in [0.5, 0.6) is 0 Å². The van der Waals surface area contributed by atoms with E-state index in [1.807, 2.05) is 0 Å². The Morgan fingerprint density at radius 2 is 2.04 bits per heavy atom. The molecule has 0 saturated carbocycles. The van der Waals surface area contributed by atoms with E-state index in [0.29, 0.717) is 5.56 Å². The second-order valence-electron chi connectivity index (χ2n) is 4.96. The van der Waals surface area contributed by atoms with Crippen molar-refractivity contribution < 1.29 is 22.7 Å². The van der Waals surface area contributed by atoms with Gasteiger partial charge in [-0.1, -0.05) is 6.07 Å². The summed E-state index contributed by atoms with van der Waals surface area (Å²) >= 11 is 1.08. The number of esters is 1. The number of amides is 1. The predicted molar refractivity (Wildman–Crippen MR) is 90.3 cm³/mol. The van der Waals surface area contributed by atoms with Crippen LogP contribution < -0.4 is 5.32 Å². The zero-order chi connectivity index (χ0) is 17.9. The fraction of sp³-hybridized carbons (Fsp3) is 0.267. The fourth-order valence-corrected chi connectivity index (χ4v) is 3.19. The van der Waals surface area contributed by atoms with Crippen molar-refractivity contribution in [2.45, 2.75) is 18.7 Å². The number of hydrogen-bond donors (Lipinski definition) is 1. The predicted octanol–water partition coefficient (Wildman–Crippen LogP) is 2.28. The Balaban J connectivity index is 2.23. The number of sulfone groups is 1. The summed E-state index contributed by atoms with van der Waals surface area (Å²) in [6.45, 7) is 3.62. The van der Waals surface area contributed by atoms with Crippen molar-refractivity contribution in [3.63, 3.8) is 0 Å². The number of hydrogen-bond acceptors (Lipinski definition) is 7. The molecule has 0 bridgehead atoms. The van der Waals surface area contributed by atoms with Gasteiger partial charge in [0.05, 0.1) is 11.5 Å². The summed E-state index contributed by atoms with van der Waals surface area (Å²) in [5.41, 5.74) is 0.964. The molecule has 128 valence electrons. The molecule has 2 aromatic rings. The zero-order valence-electron chi connectivity index (χ0n) is 13.3. The molecular formula is C15H16N2O5S2. The largest absolute Gasteiger partial charge is 0.461 e. The van der Waals surface area contributed by atoms with Gasteiger partial charge in [0.25, 0.3) is 5.91 Å². The third kappa shape index (κ3) is 4.18. The van der Waals surface area contributed by atoms with E-state index in [1.54, 1.807) is 19.9 Å². The molecule has 0 radical (unpaired) electrons. The van der Waals surface area contributed by atoms with Crippen molar-refractivity contribution in [1.82, 2.24) is 4.98 Å². The van der Waals surface area contributed by atoms with Crippen molar-refractivity contribution in [2.24, 2.45) is 0 Å². The average molecular weight is 368 g/mol. The Labute approximate surface area is 143 Å². The molecule has 24 heavy (non-hydrogen) atoms. The summed E-state index contributed by atoms with van der Waals surface area (Å²) < 4.78 is 28.1. The van der Waals surface area contributed by atoms with E-state index in [1.165, 1.54) is 17.5 Å². The van der Waals surface area contributed by atoms with Gasteiger partial charge in [0.15, 0.2) is 20.7 Å². The molecule has 1 aromatic heterocycles. The van der Waals surface area contributed by atoms with Crippen molar-refractivity contribution >= 4 is 38.2 Å². The zero-order valence-corrected chi connectivity index (χ0v) is 15.0. The standard InChI is InChI=1S/C15H16N2O5S2/c1-4-22-14(19)12-8-23-15(16-12)17-13(18)11-7-10(24(3,20)21)6-5-9(11)2/h5-8H,4H2,1-3H3,(H,16,17,18). The number of carbonyl (C=O) groups excluding carboxylic acids is 2. The van der Waals surface area contributed by atoms with Crippen LogP contribution in [0.25, 0.3) is 0 Å². The van der Waals surface area contributed by atoms with Gasteiger partial charge in [-0.05, 0) is 31.5 Å². The molecule has 0 saturated heterocycles. The molecule has 0 spiro atoms. The number of nitrogens with one attached hydrogen (secondary N) is 1. The van der Waals surface area contributed by atoms with E-state index in [-0.39, 0.29) is 27.9 Å². The van der Waals surface area contributed by atoms with Gasteiger partial charge in [0, 0.05) is 17.2 Å². The highest BCUT2D eigenvalue weighted by atomic mass is 32.2. The van der Waals surface area contributed by atoms with Crippen LogP contribution in [0.4, 0.5) is 5.13 Å². The van der Waals surface area contributed by atoms with E-state index in [0.717, 1.165) is 17.6 Å². The number of carbonyl (C=O) groups is 2. The SMILES string of the molecule is CCOC(=O)c1csc(NC(=O)c2cc(S(C)(=O)=O)ccc2C)n1. The van der Waals surface area contributed by atoms with Crippen molar-refractivity contribution in [3.8, 4) is 0 Å². The molecule has 7 nitrogen and oxygen atoms in total. The van der Waals surface area contributed by atoms with Crippen LogP contribution >= 0.6 is 11.3 Å². The molecule has 9 heteroatoms. The monoisotopic (exact) mass is 368 g/mol. The van der Waals surface area contributed by atoms with Gasteiger partial charge in [0.2, 0.25) is 0 Å². The summed E-state index contributed by atoms with van der Waals surface area (Å²) in [6.07, 6.45) is 1.08. The molecule has 0 fully saturated rings. The number of rotatable bonds is 5. The lowest BCUT2D eigenvalue weighted by Crippen LogP contribution is -2.14. The quantitative estimate of drug-likeness (QED) is 0.812. The number of ether oxygens (including phenoxy) is 1. The molecule has 0 aliphatic rings. The summed E-state index contributed by atoms with van der Waals surface area (Å²) in [5, 5.41) is 4.27. The maximum atomic E-state index is 12.4. The lowest BCUT2D eigenvalue weighted by Gasteiger charge is -2.07. The van der Waals surface area contributed by atoms with Gasteiger partial charge in [-0.25, -0.2) is 18.2 Å². The van der Waals surface area contributed by atoms with Crippen LogP contribution in [-0.2, 0) is 14.6 Å². The van der Waals surface area contributed by atoms with Crippen LogP contribution in [0.2, 0.25) is 0 Å². The first-order chi connectivity index (χ1) is 11.2. The number of thiazole rings is 1. The van der Waals surface area contributed by atoms with Crippen LogP contribution in [0, 0.1) is 6.92 Å². The van der Waals surface area contributed by atoms with E-state index >= 15 is 0 Å². The van der Waals surface area contributed by atoms with Gasteiger partial charge >= 0.3 is 5.97 Å². The molecule has 1 N–H and O–H groups in total. The average Bonchev–Trinajstić information content (AvgIpc) is 2.95. The number of anilines is 1. The molecule has 1 heterocycles. The molecule has 2 rings (SSSR count). The van der Waals surface area contributed by atoms with E-state index < -0.39 is 21.7 Å². The Bertz CT molecular complexity index is 887. The molecule has 0 aliphatic heterocycles. The van der Waals surface area contributed by atoms with E-state index in [4.69, 9.17) is 4.74 Å². The first-order valence-corrected chi connectivity index (χ1v) is 9.74. The molecule has 0 unspecified atom stereocenters. The van der Waals surface area contributed by atoms with Crippen molar-refractivity contribution in [2.75, 3.05) is 18.2 Å². The van der Waals surface area contributed by atoms with Crippen molar-refractivity contribution in [3.05, 3.63) is 40.4 Å². The second-order valence-corrected chi connectivity index (χ2v) is 7.84.